The maximum absolute atomic E-state index is 11.9. The number of hydrogen-bond donors (Lipinski definition) is 0. The van der Waals surface area contributed by atoms with Crippen LogP contribution in [0.2, 0.25) is 0 Å². The molecular weight excluding hydrogens is 268 g/mol. The molecular formula is C16H18N2O3. The summed E-state index contributed by atoms with van der Waals surface area (Å²) in [5.41, 5.74) is 1.91. The number of Topliss-reactive ketones (excluding diaryl/α,β-unsaturated/α-hetero) is 1. The van der Waals surface area contributed by atoms with Gasteiger partial charge in [0, 0.05) is 18.2 Å². The van der Waals surface area contributed by atoms with E-state index in [1.54, 1.807) is 17.8 Å². The maximum atomic E-state index is 11.9. The molecule has 0 atom stereocenters. The zero-order valence-electron chi connectivity index (χ0n) is 12.2. The van der Waals surface area contributed by atoms with Gasteiger partial charge in [-0.1, -0.05) is 30.3 Å². The van der Waals surface area contributed by atoms with Crippen LogP contribution in [0.4, 0.5) is 0 Å². The van der Waals surface area contributed by atoms with Crippen LogP contribution in [0.1, 0.15) is 35.5 Å². The fraction of sp³-hybridized carbons (Fsp3) is 0.312. The Hall–Kier alpha value is -2.43. The lowest BCUT2D eigenvalue weighted by Gasteiger charge is -2.01. The SMILES string of the molecule is CCOC(=O)c1nn(Cc2ccccc2)cc1CC(C)=O. The van der Waals surface area contributed by atoms with Crippen molar-refractivity contribution in [2.45, 2.75) is 26.8 Å². The number of ketones is 1. The molecule has 1 heterocycles. The average Bonchev–Trinajstić information content (AvgIpc) is 2.82. The first-order chi connectivity index (χ1) is 10.1. The predicted octanol–water partition coefficient (Wildman–Crippen LogP) is 2.24. The fourth-order valence-corrected chi connectivity index (χ4v) is 2.08. The quantitative estimate of drug-likeness (QED) is 0.764. The van der Waals surface area contributed by atoms with Crippen LogP contribution >= 0.6 is 0 Å². The van der Waals surface area contributed by atoms with Crippen molar-refractivity contribution < 1.29 is 14.3 Å². The van der Waals surface area contributed by atoms with E-state index in [0.29, 0.717) is 12.1 Å². The monoisotopic (exact) mass is 286 g/mol. The Morgan fingerprint density at radius 3 is 2.57 bits per heavy atom. The van der Waals surface area contributed by atoms with E-state index in [1.807, 2.05) is 30.3 Å². The summed E-state index contributed by atoms with van der Waals surface area (Å²) >= 11 is 0. The molecule has 5 nitrogen and oxygen atoms in total. The third-order valence-electron chi connectivity index (χ3n) is 2.93. The van der Waals surface area contributed by atoms with Gasteiger partial charge in [0.1, 0.15) is 5.78 Å². The summed E-state index contributed by atoms with van der Waals surface area (Å²) in [5.74, 6) is -0.500. The van der Waals surface area contributed by atoms with E-state index in [-0.39, 0.29) is 24.5 Å². The van der Waals surface area contributed by atoms with E-state index in [2.05, 4.69) is 5.10 Å². The highest BCUT2D eigenvalue weighted by Gasteiger charge is 2.19. The molecule has 110 valence electrons. The lowest BCUT2D eigenvalue weighted by Crippen LogP contribution is -2.10. The molecule has 0 unspecified atom stereocenters. The summed E-state index contributed by atoms with van der Waals surface area (Å²) in [4.78, 5) is 23.2. The Bertz CT molecular complexity index is 632. The standard InChI is InChI=1S/C16H18N2O3/c1-3-21-16(20)15-14(9-12(2)19)11-18(17-15)10-13-7-5-4-6-8-13/h4-8,11H,3,9-10H2,1-2H3. The number of carbonyl (C=O) groups is 2. The van der Waals surface area contributed by atoms with Crippen LogP contribution in [0.5, 0.6) is 0 Å². The minimum absolute atomic E-state index is 0.0141. The number of ether oxygens (including phenoxy) is 1. The van der Waals surface area contributed by atoms with Gasteiger partial charge in [-0.3, -0.25) is 9.48 Å². The van der Waals surface area contributed by atoms with Crippen LogP contribution in [0.3, 0.4) is 0 Å². The minimum atomic E-state index is -0.486. The van der Waals surface area contributed by atoms with Crippen LogP contribution < -0.4 is 0 Å². The summed E-state index contributed by atoms with van der Waals surface area (Å²) in [7, 11) is 0. The summed E-state index contributed by atoms with van der Waals surface area (Å²) in [6, 6.07) is 9.80. The molecule has 1 aromatic carbocycles. The fourth-order valence-electron chi connectivity index (χ4n) is 2.08. The van der Waals surface area contributed by atoms with E-state index in [0.717, 1.165) is 5.56 Å². The average molecular weight is 286 g/mol. The Kier molecular flexibility index (Phi) is 4.87. The largest absolute Gasteiger partial charge is 0.461 e. The van der Waals surface area contributed by atoms with Gasteiger partial charge in [-0.25, -0.2) is 4.79 Å². The van der Waals surface area contributed by atoms with Crippen LogP contribution in [0.15, 0.2) is 36.5 Å². The molecule has 2 aromatic rings. The molecule has 1 aromatic heterocycles. The van der Waals surface area contributed by atoms with Crippen LogP contribution in [0.25, 0.3) is 0 Å². The molecule has 0 saturated carbocycles. The molecule has 0 fully saturated rings. The van der Waals surface area contributed by atoms with Crippen LogP contribution in [0, 0.1) is 0 Å². The maximum Gasteiger partial charge on any atom is 0.359 e. The van der Waals surface area contributed by atoms with E-state index in [9.17, 15) is 9.59 Å². The molecule has 21 heavy (non-hydrogen) atoms. The van der Waals surface area contributed by atoms with Crippen LogP contribution in [-0.2, 0) is 22.5 Å². The Morgan fingerprint density at radius 2 is 1.95 bits per heavy atom. The lowest BCUT2D eigenvalue weighted by molar-refractivity contribution is -0.116. The van der Waals surface area contributed by atoms with Gasteiger partial charge in [-0.2, -0.15) is 5.10 Å². The lowest BCUT2D eigenvalue weighted by atomic mass is 10.1. The highest BCUT2D eigenvalue weighted by atomic mass is 16.5. The number of esters is 1. The van der Waals surface area contributed by atoms with Gasteiger partial charge in [-0.05, 0) is 19.4 Å². The second kappa shape index (κ2) is 6.83. The van der Waals surface area contributed by atoms with Gasteiger partial charge < -0.3 is 4.74 Å². The van der Waals surface area contributed by atoms with E-state index >= 15 is 0 Å². The van der Waals surface area contributed by atoms with Gasteiger partial charge in [-0.15, -0.1) is 0 Å². The second-order valence-electron chi connectivity index (χ2n) is 4.79. The van der Waals surface area contributed by atoms with Gasteiger partial charge in [0.15, 0.2) is 5.69 Å². The predicted molar refractivity (Wildman–Crippen MR) is 78.1 cm³/mol. The number of aromatic nitrogens is 2. The summed E-state index contributed by atoms with van der Waals surface area (Å²) in [6.07, 6.45) is 1.92. The highest BCUT2D eigenvalue weighted by Crippen LogP contribution is 2.12. The molecule has 0 saturated heterocycles. The summed E-state index contributed by atoms with van der Waals surface area (Å²) < 4.78 is 6.65. The van der Waals surface area contributed by atoms with Gasteiger partial charge in [0.25, 0.3) is 0 Å². The minimum Gasteiger partial charge on any atom is -0.461 e. The van der Waals surface area contributed by atoms with Crippen LogP contribution in [-0.4, -0.2) is 28.1 Å². The van der Waals surface area contributed by atoms with Gasteiger partial charge in [0.2, 0.25) is 0 Å². The zero-order valence-corrected chi connectivity index (χ0v) is 12.2. The van der Waals surface area contributed by atoms with Crippen molar-refractivity contribution in [1.29, 1.82) is 0 Å². The number of rotatable bonds is 6. The highest BCUT2D eigenvalue weighted by molar-refractivity contribution is 5.91. The van der Waals surface area contributed by atoms with E-state index in [4.69, 9.17) is 4.74 Å². The first-order valence-corrected chi connectivity index (χ1v) is 6.87. The van der Waals surface area contributed by atoms with E-state index in [1.165, 1.54) is 6.92 Å². The molecule has 0 aliphatic heterocycles. The number of benzene rings is 1. The molecule has 2 rings (SSSR count). The molecule has 0 aliphatic carbocycles. The van der Waals surface area contributed by atoms with Crippen molar-refractivity contribution in [2.75, 3.05) is 6.61 Å². The topological polar surface area (TPSA) is 61.2 Å². The molecule has 0 bridgehead atoms. The first-order valence-electron chi connectivity index (χ1n) is 6.87. The van der Waals surface area contributed by atoms with Gasteiger partial charge >= 0.3 is 5.97 Å². The van der Waals surface area contributed by atoms with Crippen molar-refractivity contribution in [2.24, 2.45) is 0 Å². The summed E-state index contributed by atoms with van der Waals surface area (Å²) in [5, 5.41) is 4.27. The molecule has 0 aliphatic rings. The molecule has 0 amide bonds. The number of hydrogen-bond acceptors (Lipinski definition) is 4. The summed E-state index contributed by atoms with van der Waals surface area (Å²) in [6.45, 7) is 4.06. The van der Waals surface area contributed by atoms with Crippen molar-refractivity contribution in [3.63, 3.8) is 0 Å². The van der Waals surface area contributed by atoms with Crippen molar-refractivity contribution in [3.05, 3.63) is 53.3 Å². The van der Waals surface area contributed by atoms with Crippen molar-refractivity contribution in [3.8, 4) is 0 Å². The van der Waals surface area contributed by atoms with Crippen molar-refractivity contribution in [1.82, 2.24) is 9.78 Å². The number of carbonyl (C=O) groups excluding carboxylic acids is 2. The third-order valence-corrected chi connectivity index (χ3v) is 2.93. The third kappa shape index (κ3) is 4.02. The molecule has 0 radical (unpaired) electrons. The van der Waals surface area contributed by atoms with Crippen molar-refractivity contribution >= 4 is 11.8 Å². The second-order valence-corrected chi connectivity index (χ2v) is 4.79. The Balaban J connectivity index is 2.26. The molecule has 0 N–H and O–H groups in total. The Labute approximate surface area is 123 Å². The normalized spacial score (nSPS) is 10.4. The van der Waals surface area contributed by atoms with E-state index < -0.39 is 5.97 Å². The first kappa shape index (κ1) is 15.0. The number of nitrogens with zero attached hydrogens (tertiary/aromatic N) is 2. The van der Waals surface area contributed by atoms with Gasteiger partial charge in [0.05, 0.1) is 13.2 Å². The smallest absolute Gasteiger partial charge is 0.359 e. The molecule has 5 heteroatoms. The zero-order chi connectivity index (χ0) is 15.2. The Morgan fingerprint density at radius 1 is 1.24 bits per heavy atom. The molecule has 0 spiro atoms.